The van der Waals surface area contributed by atoms with E-state index in [-0.39, 0.29) is 0 Å². The number of amides is 1. The normalized spacial score (nSPS) is 22.1. The molecule has 2 aliphatic rings. The summed E-state index contributed by atoms with van der Waals surface area (Å²) < 4.78 is 1.14. The lowest BCUT2D eigenvalue weighted by molar-refractivity contribution is -0.129. The molecule has 2 saturated heterocycles. The van der Waals surface area contributed by atoms with Gasteiger partial charge < -0.3 is 15.5 Å². The van der Waals surface area contributed by atoms with Gasteiger partial charge in [0, 0.05) is 32.1 Å². The van der Waals surface area contributed by atoms with Crippen molar-refractivity contribution in [2.45, 2.75) is 25.8 Å². The SMILES string of the molecule is Cc1nc2cc(N3CCN4C(=O)CCC4C3)c(N)cc2s1. The van der Waals surface area contributed by atoms with Crippen molar-refractivity contribution in [3.8, 4) is 0 Å². The van der Waals surface area contributed by atoms with Crippen LogP contribution in [-0.4, -0.2) is 41.5 Å². The van der Waals surface area contributed by atoms with Crippen LogP contribution in [0.5, 0.6) is 0 Å². The number of hydrogen-bond acceptors (Lipinski definition) is 5. The fourth-order valence-electron chi connectivity index (χ4n) is 3.45. The van der Waals surface area contributed by atoms with E-state index in [4.69, 9.17) is 5.73 Å². The summed E-state index contributed by atoms with van der Waals surface area (Å²) in [5.41, 5.74) is 9.14. The Balaban J connectivity index is 1.67. The third-order valence-electron chi connectivity index (χ3n) is 4.48. The average Bonchev–Trinajstić information content (AvgIpc) is 3.00. The molecule has 2 N–H and O–H groups in total. The van der Waals surface area contributed by atoms with Crippen molar-refractivity contribution in [2.75, 3.05) is 30.3 Å². The summed E-state index contributed by atoms with van der Waals surface area (Å²) in [4.78, 5) is 20.7. The van der Waals surface area contributed by atoms with E-state index in [1.807, 2.05) is 17.9 Å². The van der Waals surface area contributed by atoms with Gasteiger partial charge in [-0.3, -0.25) is 4.79 Å². The van der Waals surface area contributed by atoms with Crippen LogP contribution in [0, 0.1) is 6.92 Å². The number of fused-ring (bicyclic) bond motifs is 2. The molecular weight excluding hydrogens is 284 g/mol. The molecule has 6 heteroatoms. The Hall–Kier alpha value is -1.82. The monoisotopic (exact) mass is 302 g/mol. The third-order valence-corrected chi connectivity index (χ3v) is 5.41. The van der Waals surface area contributed by atoms with Gasteiger partial charge in [-0.25, -0.2) is 4.98 Å². The topological polar surface area (TPSA) is 62.5 Å². The van der Waals surface area contributed by atoms with Crippen LogP contribution in [0.3, 0.4) is 0 Å². The maximum Gasteiger partial charge on any atom is 0.223 e. The van der Waals surface area contributed by atoms with Gasteiger partial charge in [0.15, 0.2) is 0 Å². The van der Waals surface area contributed by atoms with Crippen molar-refractivity contribution < 1.29 is 4.79 Å². The average molecular weight is 302 g/mol. The van der Waals surface area contributed by atoms with Crippen molar-refractivity contribution in [3.63, 3.8) is 0 Å². The Kier molecular flexibility index (Phi) is 2.82. The van der Waals surface area contributed by atoms with Gasteiger partial charge in [-0.05, 0) is 25.5 Å². The van der Waals surface area contributed by atoms with Gasteiger partial charge >= 0.3 is 0 Å². The number of nitrogens with two attached hydrogens (primary N) is 1. The van der Waals surface area contributed by atoms with Crippen LogP contribution >= 0.6 is 11.3 Å². The number of rotatable bonds is 1. The summed E-state index contributed by atoms with van der Waals surface area (Å²) in [6, 6.07) is 4.47. The molecule has 0 bridgehead atoms. The number of carbonyl (C=O) groups excluding carboxylic acids is 1. The summed E-state index contributed by atoms with van der Waals surface area (Å²) in [7, 11) is 0. The molecule has 2 fully saturated rings. The van der Waals surface area contributed by atoms with Gasteiger partial charge in [-0.15, -0.1) is 11.3 Å². The Bertz CT molecular complexity index is 726. The second-order valence-electron chi connectivity index (χ2n) is 5.84. The summed E-state index contributed by atoms with van der Waals surface area (Å²) in [5.74, 6) is 0.304. The molecule has 21 heavy (non-hydrogen) atoms. The standard InChI is InChI=1S/C15H18N4OS/c1-9-17-12-7-13(11(16)6-14(12)21-9)18-4-5-19-10(8-18)2-3-15(19)20/h6-7,10H,2-5,8,16H2,1H3. The Morgan fingerprint density at radius 2 is 2.24 bits per heavy atom. The lowest BCUT2D eigenvalue weighted by Gasteiger charge is -2.39. The van der Waals surface area contributed by atoms with Crippen molar-refractivity contribution in [1.29, 1.82) is 0 Å². The molecule has 1 atom stereocenters. The first kappa shape index (κ1) is 12.9. The van der Waals surface area contributed by atoms with E-state index in [0.29, 0.717) is 18.4 Å². The van der Waals surface area contributed by atoms with E-state index < -0.39 is 0 Å². The highest BCUT2D eigenvalue weighted by molar-refractivity contribution is 7.18. The summed E-state index contributed by atoms with van der Waals surface area (Å²) >= 11 is 1.67. The largest absolute Gasteiger partial charge is 0.397 e. The number of nitrogen functional groups attached to an aromatic ring is 1. The van der Waals surface area contributed by atoms with Crippen molar-refractivity contribution >= 4 is 38.8 Å². The van der Waals surface area contributed by atoms with E-state index in [9.17, 15) is 4.79 Å². The zero-order valence-corrected chi connectivity index (χ0v) is 12.8. The highest BCUT2D eigenvalue weighted by Crippen LogP contribution is 2.34. The molecule has 5 nitrogen and oxygen atoms in total. The van der Waals surface area contributed by atoms with Gasteiger partial charge in [-0.1, -0.05) is 0 Å². The Morgan fingerprint density at radius 3 is 3.10 bits per heavy atom. The molecule has 1 aromatic heterocycles. The van der Waals surface area contributed by atoms with E-state index in [0.717, 1.165) is 52.7 Å². The summed E-state index contributed by atoms with van der Waals surface area (Å²) in [6.45, 7) is 4.55. The summed E-state index contributed by atoms with van der Waals surface area (Å²) in [5, 5.41) is 1.06. The number of benzene rings is 1. The van der Waals surface area contributed by atoms with Gasteiger partial charge in [-0.2, -0.15) is 0 Å². The highest BCUT2D eigenvalue weighted by Gasteiger charge is 2.35. The number of hydrogen-bond donors (Lipinski definition) is 1. The van der Waals surface area contributed by atoms with Gasteiger partial charge in [0.25, 0.3) is 0 Å². The zero-order chi connectivity index (χ0) is 14.6. The van der Waals surface area contributed by atoms with E-state index in [2.05, 4.69) is 16.0 Å². The predicted molar refractivity (Wildman–Crippen MR) is 85.7 cm³/mol. The van der Waals surface area contributed by atoms with Crippen LogP contribution in [0.2, 0.25) is 0 Å². The maximum absolute atomic E-state index is 11.8. The highest BCUT2D eigenvalue weighted by atomic mass is 32.1. The minimum atomic E-state index is 0.304. The zero-order valence-electron chi connectivity index (χ0n) is 12.0. The predicted octanol–water partition coefficient (Wildman–Crippen LogP) is 2.00. The smallest absolute Gasteiger partial charge is 0.223 e. The first-order valence-corrected chi connectivity index (χ1v) is 8.14. The number of piperazine rings is 1. The van der Waals surface area contributed by atoms with Crippen LogP contribution < -0.4 is 10.6 Å². The number of carbonyl (C=O) groups is 1. The van der Waals surface area contributed by atoms with Crippen LogP contribution in [0.25, 0.3) is 10.2 Å². The molecule has 0 aliphatic carbocycles. The molecule has 1 unspecified atom stereocenters. The second kappa shape index (κ2) is 4.59. The van der Waals surface area contributed by atoms with Crippen LogP contribution in [0.1, 0.15) is 17.8 Å². The molecule has 110 valence electrons. The van der Waals surface area contributed by atoms with Crippen molar-refractivity contribution in [3.05, 3.63) is 17.1 Å². The molecule has 2 aromatic rings. The fourth-order valence-corrected chi connectivity index (χ4v) is 4.31. The molecule has 3 heterocycles. The van der Waals surface area contributed by atoms with E-state index >= 15 is 0 Å². The van der Waals surface area contributed by atoms with E-state index in [1.54, 1.807) is 11.3 Å². The number of aryl methyl sites for hydroxylation is 1. The number of thiazole rings is 1. The lowest BCUT2D eigenvalue weighted by Crippen LogP contribution is -2.51. The van der Waals surface area contributed by atoms with E-state index in [1.165, 1.54) is 0 Å². The Morgan fingerprint density at radius 1 is 1.38 bits per heavy atom. The molecular formula is C15H18N4OS. The van der Waals surface area contributed by atoms with Gasteiger partial charge in [0.2, 0.25) is 5.91 Å². The first-order valence-electron chi connectivity index (χ1n) is 7.33. The number of aromatic nitrogens is 1. The molecule has 4 rings (SSSR count). The molecule has 0 spiro atoms. The minimum absolute atomic E-state index is 0.304. The van der Waals surface area contributed by atoms with Crippen molar-refractivity contribution in [1.82, 2.24) is 9.88 Å². The second-order valence-corrected chi connectivity index (χ2v) is 7.07. The number of anilines is 2. The lowest BCUT2D eigenvalue weighted by atomic mass is 10.1. The van der Waals surface area contributed by atoms with Crippen LogP contribution in [-0.2, 0) is 4.79 Å². The molecule has 0 saturated carbocycles. The fraction of sp³-hybridized carbons (Fsp3) is 0.467. The quantitative estimate of drug-likeness (QED) is 0.818. The summed E-state index contributed by atoms with van der Waals surface area (Å²) in [6.07, 6.45) is 1.66. The third kappa shape index (κ3) is 2.05. The minimum Gasteiger partial charge on any atom is -0.397 e. The van der Waals surface area contributed by atoms with Gasteiger partial charge in [0.05, 0.1) is 26.6 Å². The molecule has 1 amide bonds. The molecule has 2 aliphatic heterocycles. The molecule has 1 aromatic carbocycles. The Labute approximate surface area is 127 Å². The number of nitrogens with zero attached hydrogens (tertiary/aromatic N) is 3. The first-order chi connectivity index (χ1) is 10.1. The van der Waals surface area contributed by atoms with Crippen LogP contribution in [0.4, 0.5) is 11.4 Å². The molecule has 0 radical (unpaired) electrons. The van der Waals surface area contributed by atoms with Gasteiger partial charge in [0.1, 0.15) is 0 Å². The maximum atomic E-state index is 11.8. The van der Waals surface area contributed by atoms with Crippen LogP contribution in [0.15, 0.2) is 12.1 Å². The van der Waals surface area contributed by atoms with Crippen molar-refractivity contribution in [2.24, 2.45) is 0 Å².